The van der Waals surface area contributed by atoms with Crippen molar-refractivity contribution in [2.24, 2.45) is 0 Å². The van der Waals surface area contributed by atoms with E-state index in [1.54, 1.807) is 0 Å². The minimum atomic E-state index is -2.77. The second-order valence-electron chi connectivity index (χ2n) is 3.88. The molecule has 0 unspecified atom stereocenters. The molecule has 0 bridgehead atoms. The molecule has 86 valence electrons. The highest BCUT2D eigenvalue weighted by atomic mass is 19.3. The Balaban J connectivity index is 2.12. The largest absolute Gasteiger partial charge is 0.508 e. The monoisotopic (exact) mass is 227 g/mol. The van der Waals surface area contributed by atoms with Crippen molar-refractivity contribution in [1.82, 2.24) is 4.90 Å². The van der Waals surface area contributed by atoms with E-state index < -0.39 is 18.4 Å². The van der Waals surface area contributed by atoms with Gasteiger partial charge in [0.1, 0.15) is 5.75 Å². The quantitative estimate of drug-likeness (QED) is 0.795. The zero-order chi connectivity index (χ0) is 11.8. The van der Waals surface area contributed by atoms with Crippen LogP contribution in [0, 0.1) is 0 Å². The lowest BCUT2D eigenvalue weighted by molar-refractivity contribution is 0.0120. The molecule has 0 aromatic heterocycles. The maximum absolute atomic E-state index is 12.9. The number of phenols is 1. The number of hydrogen-bond acceptors (Lipinski definition) is 2. The number of rotatable bonds is 1. The Morgan fingerprint density at radius 3 is 2.44 bits per heavy atom. The van der Waals surface area contributed by atoms with Crippen LogP contribution < -0.4 is 0 Å². The highest BCUT2D eigenvalue weighted by Crippen LogP contribution is 2.27. The van der Waals surface area contributed by atoms with Crippen molar-refractivity contribution in [3.63, 3.8) is 0 Å². The number of benzene rings is 1. The van der Waals surface area contributed by atoms with E-state index >= 15 is 0 Å². The summed E-state index contributed by atoms with van der Waals surface area (Å²) in [5.41, 5.74) is 0.315. The summed E-state index contributed by atoms with van der Waals surface area (Å²) in [6, 6.07) is 5.57. The van der Waals surface area contributed by atoms with Crippen LogP contribution in [0.5, 0.6) is 5.75 Å². The molecule has 1 fully saturated rings. The molecular formula is C11H11F2NO2. The molecule has 3 nitrogen and oxygen atoms in total. The molecule has 16 heavy (non-hydrogen) atoms. The smallest absolute Gasteiger partial charge is 0.267 e. The van der Waals surface area contributed by atoms with Gasteiger partial charge >= 0.3 is 0 Å². The topological polar surface area (TPSA) is 40.5 Å². The number of carbonyl (C=O) groups excluding carboxylic acids is 1. The Hall–Kier alpha value is -1.65. The predicted molar refractivity (Wildman–Crippen MR) is 53.6 cm³/mol. The predicted octanol–water partition coefficient (Wildman–Crippen LogP) is 1.87. The first-order valence-corrected chi connectivity index (χ1v) is 4.94. The first-order valence-electron chi connectivity index (χ1n) is 4.94. The van der Waals surface area contributed by atoms with E-state index in [4.69, 9.17) is 5.11 Å². The molecule has 1 aromatic rings. The molecule has 5 heteroatoms. The summed E-state index contributed by atoms with van der Waals surface area (Å²) in [5.74, 6) is -3.15. The van der Waals surface area contributed by atoms with Crippen molar-refractivity contribution in [3.05, 3.63) is 29.8 Å². The number of halogens is 2. The molecule has 1 aliphatic heterocycles. The third-order valence-electron chi connectivity index (χ3n) is 2.57. The average Bonchev–Trinajstić information content (AvgIpc) is 2.59. The van der Waals surface area contributed by atoms with Crippen LogP contribution in [-0.4, -0.2) is 34.9 Å². The first kappa shape index (κ1) is 10.9. The minimum absolute atomic E-state index is 0.0447. The summed E-state index contributed by atoms with van der Waals surface area (Å²) < 4.78 is 25.8. The zero-order valence-electron chi connectivity index (χ0n) is 8.49. The van der Waals surface area contributed by atoms with Crippen molar-refractivity contribution in [2.75, 3.05) is 13.1 Å². The average molecular weight is 227 g/mol. The van der Waals surface area contributed by atoms with Crippen molar-refractivity contribution >= 4 is 5.91 Å². The molecule has 0 saturated carbocycles. The summed E-state index contributed by atoms with van der Waals surface area (Å²) in [4.78, 5) is 12.9. The fraction of sp³-hybridized carbons (Fsp3) is 0.364. The molecule has 1 N–H and O–H groups in total. The van der Waals surface area contributed by atoms with Crippen LogP contribution in [0.4, 0.5) is 8.78 Å². The fourth-order valence-electron chi connectivity index (χ4n) is 1.70. The SMILES string of the molecule is O=C(c1ccc(O)cc1)N1CCC(F)(F)C1. The molecular weight excluding hydrogens is 216 g/mol. The highest BCUT2D eigenvalue weighted by Gasteiger charge is 2.40. The number of likely N-dealkylation sites (tertiary alicyclic amines) is 1. The lowest BCUT2D eigenvalue weighted by Crippen LogP contribution is -2.31. The van der Waals surface area contributed by atoms with Gasteiger partial charge in [0, 0.05) is 18.5 Å². The molecule has 1 saturated heterocycles. The first-order chi connectivity index (χ1) is 7.48. The van der Waals surface area contributed by atoms with Gasteiger partial charge < -0.3 is 10.0 Å². The molecule has 1 heterocycles. The highest BCUT2D eigenvalue weighted by molar-refractivity contribution is 5.94. The molecule has 2 rings (SSSR count). The van der Waals surface area contributed by atoms with Crippen molar-refractivity contribution < 1.29 is 18.7 Å². The number of phenolic OH excluding ortho intramolecular Hbond substituents is 1. The van der Waals surface area contributed by atoms with Crippen LogP contribution in [-0.2, 0) is 0 Å². The van der Waals surface area contributed by atoms with Crippen molar-refractivity contribution in [3.8, 4) is 5.75 Å². The molecule has 0 aliphatic carbocycles. The molecule has 0 atom stereocenters. The molecule has 0 spiro atoms. The van der Waals surface area contributed by atoms with Gasteiger partial charge in [-0.1, -0.05) is 0 Å². The van der Waals surface area contributed by atoms with Gasteiger partial charge in [-0.2, -0.15) is 0 Å². The maximum atomic E-state index is 12.9. The third-order valence-corrected chi connectivity index (χ3v) is 2.57. The van der Waals surface area contributed by atoms with Crippen LogP contribution in [0.1, 0.15) is 16.8 Å². The van der Waals surface area contributed by atoms with Crippen molar-refractivity contribution in [2.45, 2.75) is 12.3 Å². The second-order valence-corrected chi connectivity index (χ2v) is 3.88. The molecule has 1 aliphatic rings. The van der Waals surface area contributed by atoms with E-state index in [-0.39, 0.29) is 18.7 Å². The van der Waals surface area contributed by atoms with Gasteiger partial charge in [-0.05, 0) is 24.3 Å². The van der Waals surface area contributed by atoms with Gasteiger partial charge in [0.15, 0.2) is 0 Å². The Morgan fingerprint density at radius 2 is 1.94 bits per heavy atom. The normalized spacial score (nSPS) is 18.8. The second kappa shape index (κ2) is 3.73. The van der Waals surface area contributed by atoms with Gasteiger partial charge in [-0.3, -0.25) is 4.79 Å². The van der Waals surface area contributed by atoms with E-state index in [0.29, 0.717) is 5.56 Å². The van der Waals surface area contributed by atoms with Crippen LogP contribution in [0.15, 0.2) is 24.3 Å². The lowest BCUT2D eigenvalue weighted by Gasteiger charge is -2.15. The van der Waals surface area contributed by atoms with Crippen LogP contribution in [0.3, 0.4) is 0 Å². The molecule has 1 aromatic carbocycles. The minimum Gasteiger partial charge on any atom is -0.508 e. The standard InChI is InChI=1S/C11H11F2NO2/c12-11(13)5-6-14(7-11)10(16)8-1-3-9(15)4-2-8/h1-4,15H,5-7H2. The van der Waals surface area contributed by atoms with Gasteiger partial charge in [-0.15, -0.1) is 0 Å². The van der Waals surface area contributed by atoms with Gasteiger partial charge in [0.05, 0.1) is 6.54 Å². The van der Waals surface area contributed by atoms with Crippen LogP contribution in [0.25, 0.3) is 0 Å². The number of aromatic hydroxyl groups is 1. The number of nitrogens with zero attached hydrogens (tertiary/aromatic N) is 1. The van der Waals surface area contributed by atoms with Gasteiger partial charge in [0.25, 0.3) is 11.8 Å². The number of carbonyl (C=O) groups is 1. The van der Waals surface area contributed by atoms with Crippen LogP contribution in [0.2, 0.25) is 0 Å². The Bertz CT molecular complexity index is 403. The van der Waals surface area contributed by atoms with Gasteiger partial charge in [0.2, 0.25) is 0 Å². The van der Waals surface area contributed by atoms with E-state index in [0.717, 1.165) is 4.90 Å². The van der Waals surface area contributed by atoms with E-state index in [1.165, 1.54) is 24.3 Å². The number of amides is 1. The van der Waals surface area contributed by atoms with E-state index in [1.807, 2.05) is 0 Å². The summed E-state index contributed by atoms with van der Waals surface area (Å²) in [7, 11) is 0. The van der Waals surface area contributed by atoms with E-state index in [2.05, 4.69) is 0 Å². The Morgan fingerprint density at radius 1 is 1.31 bits per heavy atom. The third kappa shape index (κ3) is 2.13. The summed E-state index contributed by atoms with van der Waals surface area (Å²) in [6.45, 7) is -0.445. The number of alkyl halides is 2. The fourth-order valence-corrected chi connectivity index (χ4v) is 1.70. The Labute approximate surface area is 91.3 Å². The van der Waals surface area contributed by atoms with Crippen molar-refractivity contribution in [1.29, 1.82) is 0 Å². The maximum Gasteiger partial charge on any atom is 0.267 e. The summed E-state index contributed by atoms with van der Waals surface area (Å²) in [6.07, 6.45) is -0.281. The summed E-state index contributed by atoms with van der Waals surface area (Å²) >= 11 is 0. The van der Waals surface area contributed by atoms with E-state index in [9.17, 15) is 13.6 Å². The number of hydrogen-bond donors (Lipinski definition) is 1. The van der Waals surface area contributed by atoms with Crippen LogP contribution >= 0.6 is 0 Å². The summed E-state index contributed by atoms with van der Waals surface area (Å²) in [5, 5.41) is 9.04. The zero-order valence-corrected chi connectivity index (χ0v) is 8.49. The molecule has 0 radical (unpaired) electrons. The lowest BCUT2D eigenvalue weighted by atomic mass is 10.2. The molecule has 1 amide bonds. The van der Waals surface area contributed by atoms with Gasteiger partial charge in [-0.25, -0.2) is 8.78 Å². The Kier molecular flexibility index (Phi) is 2.53.